The van der Waals surface area contributed by atoms with E-state index in [9.17, 15) is 4.79 Å². The molecule has 82 valence electrons. The summed E-state index contributed by atoms with van der Waals surface area (Å²) in [5.74, 6) is 0.439. The van der Waals surface area contributed by atoms with Crippen LogP contribution in [0.3, 0.4) is 0 Å². The molecule has 0 aromatic heterocycles. The van der Waals surface area contributed by atoms with Crippen molar-refractivity contribution in [1.82, 2.24) is 5.32 Å². The van der Waals surface area contributed by atoms with Gasteiger partial charge in [0.1, 0.15) is 0 Å². The number of hydrogen-bond acceptors (Lipinski definition) is 3. The molecule has 1 atom stereocenters. The summed E-state index contributed by atoms with van der Waals surface area (Å²) in [6.07, 6.45) is 1.45. The van der Waals surface area contributed by atoms with Crippen LogP contribution in [-0.2, 0) is 0 Å². The monoisotopic (exact) mass is 202 g/mol. The van der Waals surface area contributed by atoms with Gasteiger partial charge in [0.15, 0.2) is 0 Å². The highest BCUT2D eigenvalue weighted by atomic mass is 16.4. The highest BCUT2D eigenvalue weighted by Gasteiger charge is 2.34. The Morgan fingerprint density at radius 3 is 2.64 bits per heavy atom. The normalized spacial score (nSPS) is 30.2. The predicted octanol–water partition coefficient (Wildman–Crippen LogP) is 0.132. The van der Waals surface area contributed by atoms with E-state index < -0.39 is 11.6 Å². The van der Waals surface area contributed by atoms with Crippen molar-refractivity contribution >= 4 is 6.09 Å². The molecule has 0 aromatic rings. The Hall–Kier alpha value is -0.810. The van der Waals surface area contributed by atoms with Gasteiger partial charge in [0.05, 0.1) is 6.61 Å². The van der Waals surface area contributed by atoms with Crippen LogP contribution < -0.4 is 11.1 Å². The summed E-state index contributed by atoms with van der Waals surface area (Å²) in [6, 6.07) is 0.0759. The van der Waals surface area contributed by atoms with Gasteiger partial charge in [-0.3, -0.25) is 0 Å². The molecule has 0 aromatic carbocycles. The number of carbonyl (C=O) groups is 1. The van der Waals surface area contributed by atoms with E-state index in [0.29, 0.717) is 5.92 Å². The second kappa shape index (κ2) is 4.14. The molecule has 0 aliphatic heterocycles. The molecule has 5 heteroatoms. The minimum atomic E-state index is -0.967. The average Bonchev–Trinajstić information content (AvgIpc) is 1.99. The Kier molecular flexibility index (Phi) is 3.34. The molecule has 0 spiro atoms. The molecule has 1 saturated carbocycles. The van der Waals surface area contributed by atoms with Gasteiger partial charge in [-0.2, -0.15) is 0 Å². The summed E-state index contributed by atoms with van der Waals surface area (Å²) in [5.41, 5.74) is 5.26. The molecule has 1 fully saturated rings. The number of rotatable bonds is 4. The summed E-state index contributed by atoms with van der Waals surface area (Å²) in [7, 11) is 0. The molecule has 1 aliphatic carbocycles. The Balaban J connectivity index is 2.19. The molecule has 0 bridgehead atoms. The number of carboxylic acid groups (broad SMARTS) is 1. The standard InChI is InChI=1S/C9H18N2O3/c1-9(10,5-12)4-6-2-7(3-6)11-8(13)14/h6-7,11-12H,2-5,10H2,1H3,(H,13,14)/t6?,7?,9-/m1/s1. The first kappa shape index (κ1) is 11.3. The molecule has 0 saturated heterocycles. The lowest BCUT2D eigenvalue weighted by Gasteiger charge is -2.39. The average molecular weight is 202 g/mol. The first-order valence-corrected chi connectivity index (χ1v) is 4.82. The second-order valence-corrected chi connectivity index (χ2v) is 4.50. The van der Waals surface area contributed by atoms with Crippen molar-refractivity contribution in [3.63, 3.8) is 0 Å². The van der Waals surface area contributed by atoms with E-state index in [1.165, 1.54) is 0 Å². The number of nitrogens with two attached hydrogens (primary N) is 1. The molecule has 14 heavy (non-hydrogen) atoms. The number of nitrogens with one attached hydrogen (secondary N) is 1. The Labute approximate surface area is 83.3 Å². The van der Waals surface area contributed by atoms with Gasteiger partial charge in [-0.25, -0.2) is 4.79 Å². The summed E-state index contributed by atoms with van der Waals surface area (Å²) < 4.78 is 0. The van der Waals surface area contributed by atoms with Gasteiger partial charge < -0.3 is 21.3 Å². The van der Waals surface area contributed by atoms with Crippen molar-refractivity contribution in [2.75, 3.05) is 6.61 Å². The minimum Gasteiger partial charge on any atom is -0.465 e. The van der Waals surface area contributed by atoms with Crippen LogP contribution in [-0.4, -0.2) is 34.5 Å². The fraction of sp³-hybridized carbons (Fsp3) is 0.889. The van der Waals surface area contributed by atoms with Crippen molar-refractivity contribution in [2.45, 2.75) is 37.8 Å². The zero-order chi connectivity index (χ0) is 10.8. The van der Waals surface area contributed by atoms with Gasteiger partial charge >= 0.3 is 6.09 Å². The quantitative estimate of drug-likeness (QED) is 0.521. The third-order valence-corrected chi connectivity index (χ3v) is 2.68. The Morgan fingerprint density at radius 1 is 1.64 bits per heavy atom. The number of amides is 1. The van der Waals surface area contributed by atoms with Crippen LogP contribution in [0.1, 0.15) is 26.2 Å². The largest absolute Gasteiger partial charge is 0.465 e. The van der Waals surface area contributed by atoms with Gasteiger partial charge in [0.2, 0.25) is 0 Å². The third-order valence-electron chi connectivity index (χ3n) is 2.68. The van der Waals surface area contributed by atoms with Gasteiger partial charge in [0, 0.05) is 11.6 Å². The zero-order valence-electron chi connectivity index (χ0n) is 8.36. The number of aliphatic hydroxyl groups excluding tert-OH is 1. The van der Waals surface area contributed by atoms with Gasteiger partial charge in [-0.1, -0.05) is 0 Å². The number of aliphatic hydroxyl groups is 1. The molecule has 0 heterocycles. The molecule has 1 aliphatic rings. The molecular formula is C9H18N2O3. The summed E-state index contributed by atoms with van der Waals surface area (Å²) >= 11 is 0. The maximum Gasteiger partial charge on any atom is 0.404 e. The van der Waals surface area contributed by atoms with E-state index in [4.69, 9.17) is 15.9 Å². The highest BCUT2D eigenvalue weighted by Crippen LogP contribution is 2.33. The van der Waals surface area contributed by atoms with E-state index in [1.54, 1.807) is 0 Å². The molecule has 1 amide bonds. The fourth-order valence-electron chi connectivity index (χ4n) is 1.92. The zero-order valence-corrected chi connectivity index (χ0v) is 8.36. The first-order valence-electron chi connectivity index (χ1n) is 4.82. The van der Waals surface area contributed by atoms with Crippen LogP contribution in [0, 0.1) is 5.92 Å². The molecule has 1 rings (SSSR count). The maximum absolute atomic E-state index is 10.3. The predicted molar refractivity (Wildman–Crippen MR) is 52.0 cm³/mol. The van der Waals surface area contributed by atoms with E-state index in [0.717, 1.165) is 19.3 Å². The Morgan fingerprint density at radius 2 is 2.21 bits per heavy atom. The molecule has 0 radical (unpaired) electrons. The van der Waals surface area contributed by atoms with Crippen LogP contribution in [0.25, 0.3) is 0 Å². The summed E-state index contributed by atoms with van der Waals surface area (Å²) in [4.78, 5) is 10.3. The lowest BCUT2D eigenvalue weighted by molar-refractivity contribution is 0.125. The van der Waals surface area contributed by atoms with Crippen molar-refractivity contribution in [1.29, 1.82) is 0 Å². The summed E-state index contributed by atoms with van der Waals surface area (Å²) in [6.45, 7) is 1.78. The highest BCUT2D eigenvalue weighted by molar-refractivity contribution is 5.65. The van der Waals surface area contributed by atoms with Crippen molar-refractivity contribution in [3.05, 3.63) is 0 Å². The van der Waals surface area contributed by atoms with Crippen LogP contribution >= 0.6 is 0 Å². The van der Waals surface area contributed by atoms with E-state index in [-0.39, 0.29) is 12.6 Å². The van der Waals surface area contributed by atoms with Crippen LogP contribution in [0.5, 0.6) is 0 Å². The lowest BCUT2D eigenvalue weighted by Crippen LogP contribution is -2.49. The molecular weight excluding hydrogens is 184 g/mol. The second-order valence-electron chi connectivity index (χ2n) is 4.50. The van der Waals surface area contributed by atoms with Crippen LogP contribution in [0.4, 0.5) is 4.79 Å². The van der Waals surface area contributed by atoms with Crippen molar-refractivity contribution in [2.24, 2.45) is 11.7 Å². The fourth-order valence-corrected chi connectivity index (χ4v) is 1.92. The maximum atomic E-state index is 10.3. The molecule has 5 nitrogen and oxygen atoms in total. The van der Waals surface area contributed by atoms with Gasteiger partial charge in [-0.15, -0.1) is 0 Å². The van der Waals surface area contributed by atoms with Crippen molar-refractivity contribution in [3.8, 4) is 0 Å². The molecule has 0 unspecified atom stereocenters. The van der Waals surface area contributed by atoms with Gasteiger partial charge in [-0.05, 0) is 32.1 Å². The SMILES string of the molecule is C[C@](N)(CO)CC1CC(NC(=O)O)C1. The lowest BCUT2D eigenvalue weighted by atomic mass is 9.74. The topological polar surface area (TPSA) is 95.6 Å². The van der Waals surface area contributed by atoms with E-state index in [2.05, 4.69) is 5.32 Å². The third kappa shape index (κ3) is 3.16. The van der Waals surface area contributed by atoms with E-state index >= 15 is 0 Å². The van der Waals surface area contributed by atoms with Crippen LogP contribution in [0.15, 0.2) is 0 Å². The van der Waals surface area contributed by atoms with Crippen molar-refractivity contribution < 1.29 is 15.0 Å². The minimum absolute atomic E-state index is 0.0273. The van der Waals surface area contributed by atoms with E-state index in [1.807, 2.05) is 6.92 Å². The van der Waals surface area contributed by atoms with Crippen LogP contribution in [0.2, 0.25) is 0 Å². The van der Waals surface area contributed by atoms with Gasteiger partial charge in [0.25, 0.3) is 0 Å². The first-order chi connectivity index (χ1) is 6.43. The molecule has 5 N–H and O–H groups in total. The Bertz CT molecular complexity index is 212. The smallest absolute Gasteiger partial charge is 0.404 e. The summed E-state index contributed by atoms with van der Waals surface area (Å²) in [5, 5.41) is 19.8. The number of hydrogen-bond donors (Lipinski definition) is 4.